The van der Waals surface area contributed by atoms with Gasteiger partial charge in [-0.25, -0.2) is 4.79 Å². The lowest BCUT2D eigenvalue weighted by atomic mass is 10.0. The van der Waals surface area contributed by atoms with Crippen molar-refractivity contribution < 1.29 is 28.6 Å². The Labute approximate surface area is 353 Å². The quantitative estimate of drug-likeness (QED) is 0.0373. The van der Waals surface area contributed by atoms with Crippen LogP contribution < -0.4 is 5.32 Å². The van der Waals surface area contributed by atoms with Crippen LogP contribution in [0.15, 0.2) is 0 Å². The molecule has 338 valence electrons. The summed E-state index contributed by atoms with van der Waals surface area (Å²) in [5, 5.41) is 2.91. The topological polar surface area (TPSA) is 94.2 Å². The van der Waals surface area contributed by atoms with Crippen molar-refractivity contribution in [1.29, 1.82) is 0 Å². The summed E-state index contributed by atoms with van der Waals surface area (Å²) in [6.45, 7) is 16.2. The number of esters is 2. The highest BCUT2D eigenvalue weighted by atomic mass is 16.6. The third-order valence-corrected chi connectivity index (χ3v) is 10.9. The predicted molar refractivity (Wildman–Crippen MR) is 241 cm³/mol. The zero-order valence-electron chi connectivity index (χ0n) is 38.8. The maximum atomic E-state index is 12.8. The van der Waals surface area contributed by atoms with Crippen LogP contribution in [0.2, 0.25) is 0 Å². The molecule has 57 heavy (non-hydrogen) atoms. The number of hydrogen-bond donors (Lipinski definition) is 1. The second-order valence-electron chi connectivity index (χ2n) is 17.9. The van der Waals surface area contributed by atoms with Gasteiger partial charge in [-0.3, -0.25) is 9.59 Å². The molecule has 0 atom stereocenters. The minimum absolute atomic E-state index is 0.00677. The fraction of sp³-hybridized carbons (Fsp3) is 0.939. The van der Waals surface area contributed by atoms with Crippen LogP contribution in [0.4, 0.5) is 4.79 Å². The maximum Gasteiger partial charge on any atom is 0.407 e. The molecule has 0 rings (SSSR count). The number of amides is 1. The standard InChI is InChI=1S/C49H96N2O6/c1-7-10-13-16-19-20-21-27-35-44-55-46(52)38-32-28-34-42-51(43-40-50-48(54)57-49(4,5)6)41-33-26-22-25-31-39-47(53)56-45(36-29-23-17-14-11-8-2)37-30-24-18-15-12-9-3/h45H,7-44H2,1-6H3,(H,50,54). The SMILES string of the molecule is CCCCCCCCCCCOC(=O)CCCCCN(CCCCCCCC(=O)OC(CCCCCCCC)CCCCCCCC)CCNC(=O)OC(C)(C)C. The predicted octanol–water partition coefficient (Wildman–Crippen LogP) is 14.2. The molecule has 0 bridgehead atoms. The third kappa shape index (κ3) is 42.1. The molecule has 0 aromatic heterocycles. The molecule has 0 heterocycles. The van der Waals surface area contributed by atoms with Gasteiger partial charge in [-0.15, -0.1) is 0 Å². The van der Waals surface area contributed by atoms with Crippen LogP contribution in [0.3, 0.4) is 0 Å². The second kappa shape index (κ2) is 40.9. The average molecular weight is 809 g/mol. The zero-order chi connectivity index (χ0) is 42.1. The van der Waals surface area contributed by atoms with E-state index in [0.29, 0.717) is 26.0 Å². The Kier molecular flexibility index (Phi) is 39.6. The van der Waals surface area contributed by atoms with Gasteiger partial charge in [-0.05, 0) is 91.6 Å². The number of alkyl carbamates (subject to hydrolysis) is 1. The molecule has 0 radical (unpaired) electrons. The van der Waals surface area contributed by atoms with Crippen molar-refractivity contribution in [3.05, 3.63) is 0 Å². The van der Waals surface area contributed by atoms with Crippen LogP contribution in [0.1, 0.15) is 253 Å². The first-order chi connectivity index (χ1) is 27.6. The average Bonchev–Trinajstić information content (AvgIpc) is 3.16. The van der Waals surface area contributed by atoms with Crippen molar-refractivity contribution in [2.75, 3.05) is 32.8 Å². The van der Waals surface area contributed by atoms with Crippen molar-refractivity contribution in [2.45, 2.75) is 265 Å². The number of ether oxygens (including phenoxy) is 3. The number of rotatable bonds is 42. The van der Waals surface area contributed by atoms with E-state index in [-0.39, 0.29) is 24.1 Å². The molecule has 0 aliphatic rings. The molecular weight excluding hydrogens is 713 g/mol. The molecular formula is C49H96N2O6. The Morgan fingerprint density at radius 3 is 1.39 bits per heavy atom. The number of unbranched alkanes of at least 4 members (excludes halogenated alkanes) is 24. The highest BCUT2D eigenvalue weighted by molar-refractivity contribution is 5.69. The summed E-state index contributed by atoms with van der Waals surface area (Å²) < 4.78 is 17.0. The van der Waals surface area contributed by atoms with Crippen LogP contribution in [0.25, 0.3) is 0 Å². The van der Waals surface area contributed by atoms with E-state index in [4.69, 9.17) is 14.2 Å². The van der Waals surface area contributed by atoms with Gasteiger partial charge in [0, 0.05) is 25.9 Å². The Bertz CT molecular complexity index is 891. The van der Waals surface area contributed by atoms with Gasteiger partial charge >= 0.3 is 18.0 Å². The fourth-order valence-corrected chi connectivity index (χ4v) is 7.36. The van der Waals surface area contributed by atoms with E-state index in [2.05, 4.69) is 31.0 Å². The first-order valence-electron chi connectivity index (χ1n) is 24.7. The van der Waals surface area contributed by atoms with Gasteiger partial charge in [0.15, 0.2) is 0 Å². The van der Waals surface area contributed by atoms with E-state index < -0.39 is 5.60 Å². The summed E-state index contributed by atoms with van der Waals surface area (Å²) in [6.07, 6.45) is 37.4. The van der Waals surface area contributed by atoms with Gasteiger partial charge in [0.25, 0.3) is 0 Å². The smallest absolute Gasteiger partial charge is 0.407 e. The first kappa shape index (κ1) is 55.2. The van der Waals surface area contributed by atoms with E-state index in [9.17, 15) is 14.4 Å². The van der Waals surface area contributed by atoms with Crippen LogP contribution >= 0.6 is 0 Å². The zero-order valence-corrected chi connectivity index (χ0v) is 38.8. The highest BCUT2D eigenvalue weighted by Crippen LogP contribution is 2.19. The van der Waals surface area contributed by atoms with Gasteiger partial charge in [-0.2, -0.15) is 0 Å². The lowest BCUT2D eigenvalue weighted by molar-refractivity contribution is -0.150. The molecule has 0 fully saturated rings. The number of carbonyl (C=O) groups is 3. The number of nitrogens with zero attached hydrogens (tertiary/aromatic N) is 1. The van der Waals surface area contributed by atoms with Crippen LogP contribution in [0.5, 0.6) is 0 Å². The monoisotopic (exact) mass is 809 g/mol. The van der Waals surface area contributed by atoms with Crippen molar-refractivity contribution in [3.8, 4) is 0 Å². The first-order valence-corrected chi connectivity index (χ1v) is 24.7. The minimum Gasteiger partial charge on any atom is -0.466 e. The lowest BCUT2D eigenvalue weighted by Gasteiger charge is -2.24. The Hall–Kier alpha value is -1.83. The highest BCUT2D eigenvalue weighted by Gasteiger charge is 2.17. The Morgan fingerprint density at radius 1 is 0.491 bits per heavy atom. The summed E-state index contributed by atoms with van der Waals surface area (Å²) in [6, 6.07) is 0. The molecule has 0 aromatic carbocycles. The Balaban J connectivity index is 4.44. The van der Waals surface area contributed by atoms with Crippen molar-refractivity contribution in [3.63, 3.8) is 0 Å². The number of hydrogen-bond acceptors (Lipinski definition) is 7. The minimum atomic E-state index is -0.516. The normalized spacial score (nSPS) is 11.7. The molecule has 0 aliphatic heterocycles. The van der Waals surface area contributed by atoms with E-state index in [0.717, 1.165) is 96.7 Å². The van der Waals surface area contributed by atoms with Gasteiger partial charge in [-0.1, -0.05) is 162 Å². The molecule has 0 saturated heterocycles. The molecule has 1 N–H and O–H groups in total. The largest absolute Gasteiger partial charge is 0.466 e. The molecule has 0 aromatic rings. The van der Waals surface area contributed by atoms with E-state index in [1.165, 1.54) is 122 Å². The third-order valence-electron chi connectivity index (χ3n) is 10.9. The van der Waals surface area contributed by atoms with E-state index in [1.807, 2.05) is 20.8 Å². The van der Waals surface area contributed by atoms with Crippen LogP contribution in [-0.4, -0.2) is 67.4 Å². The van der Waals surface area contributed by atoms with E-state index in [1.54, 1.807) is 0 Å². The summed E-state index contributed by atoms with van der Waals surface area (Å²) in [5.74, 6) is -0.0740. The summed E-state index contributed by atoms with van der Waals surface area (Å²) in [5.41, 5.74) is -0.516. The van der Waals surface area contributed by atoms with Crippen LogP contribution in [0, 0.1) is 0 Å². The molecule has 0 aliphatic carbocycles. The molecule has 0 spiro atoms. The maximum absolute atomic E-state index is 12.8. The van der Waals surface area contributed by atoms with Crippen molar-refractivity contribution in [1.82, 2.24) is 10.2 Å². The summed E-state index contributed by atoms with van der Waals surface area (Å²) >= 11 is 0. The molecule has 8 nitrogen and oxygen atoms in total. The van der Waals surface area contributed by atoms with Crippen LogP contribution in [-0.2, 0) is 23.8 Å². The fourth-order valence-electron chi connectivity index (χ4n) is 7.36. The number of nitrogens with one attached hydrogen (secondary N) is 1. The molecule has 0 saturated carbocycles. The summed E-state index contributed by atoms with van der Waals surface area (Å²) in [4.78, 5) is 39.7. The van der Waals surface area contributed by atoms with E-state index >= 15 is 0 Å². The van der Waals surface area contributed by atoms with Gasteiger partial charge in [0.05, 0.1) is 6.61 Å². The Morgan fingerprint density at radius 2 is 0.895 bits per heavy atom. The van der Waals surface area contributed by atoms with Gasteiger partial charge in [0.1, 0.15) is 11.7 Å². The van der Waals surface area contributed by atoms with Crippen molar-refractivity contribution >= 4 is 18.0 Å². The lowest BCUT2D eigenvalue weighted by Crippen LogP contribution is -2.38. The second-order valence-corrected chi connectivity index (χ2v) is 17.9. The molecule has 1 amide bonds. The molecule has 8 heteroatoms. The van der Waals surface area contributed by atoms with Gasteiger partial charge in [0.2, 0.25) is 0 Å². The number of carbonyl (C=O) groups excluding carboxylic acids is 3. The summed E-state index contributed by atoms with van der Waals surface area (Å²) in [7, 11) is 0. The van der Waals surface area contributed by atoms with Gasteiger partial charge < -0.3 is 24.4 Å². The van der Waals surface area contributed by atoms with Crippen molar-refractivity contribution in [2.24, 2.45) is 0 Å². The molecule has 0 unspecified atom stereocenters.